The van der Waals surface area contributed by atoms with Crippen LogP contribution in [0, 0.1) is 27.7 Å². The summed E-state index contributed by atoms with van der Waals surface area (Å²) in [5.74, 6) is -0.343. The van der Waals surface area contributed by atoms with Crippen molar-refractivity contribution in [2.24, 2.45) is 0 Å². The molecule has 0 saturated carbocycles. The van der Waals surface area contributed by atoms with E-state index in [2.05, 4.69) is 11.4 Å². The van der Waals surface area contributed by atoms with E-state index >= 15 is 0 Å². The molecule has 24 heavy (non-hydrogen) atoms. The minimum atomic E-state index is -0.515. The van der Waals surface area contributed by atoms with E-state index in [1.165, 1.54) is 10.5 Å². The number of rotatable bonds is 3. The monoisotopic (exact) mass is 322 g/mol. The molecule has 2 amide bonds. The number of carbonyl (C=O) groups is 2. The number of imide groups is 1. The molecular formula is C20H22N2O2. The van der Waals surface area contributed by atoms with Crippen LogP contribution in [-0.4, -0.2) is 17.9 Å². The second-order valence-corrected chi connectivity index (χ2v) is 6.51. The van der Waals surface area contributed by atoms with Gasteiger partial charge in [0.15, 0.2) is 0 Å². The first-order valence-electron chi connectivity index (χ1n) is 8.15. The van der Waals surface area contributed by atoms with Crippen molar-refractivity contribution in [2.45, 2.75) is 40.2 Å². The Labute approximate surface area is 142 Å². The Morgan fingerprint density at radius 1 is 1.00 bits per heavy atom. The summed E-state index contributed by atoms with van der Waals surface area (Å²) in [6, 6.07) is 11.2. The molecule has 0 spiro atoms. The number of hydrogen-bond acceptors (Lipinski definition) is 3. The summed E-state index contributed by atoms with van der Waals surface area (Å²) in [4.78, 5) is 26.6. The van der Waals surface area contributed by atoms with E-state index < -0.39 is 6.04 Å². The van der Waals surface area contributed by atoms with E-state index in [0.29, 0.717) is 5.69 Å². The quantitative estimate of drug-likeness (QED) is 0.877. The summed E-state index contributed by atoms with van der Waals surface area (Å²) in [6.07, 6.45) is 0.180. The number of aryl methyl sites for hydroxylation is 3. The predicted molar refractivity (Wildman–Crippen MR) is 96.4 cm³/mol. The van der Waals surface area contributed by atoms with E-state index in [1.807, 2.05) is 58.0 Å². The van der Waals surface area contributed by atoms with Crippen LogP contribution in [0.5, 0.6) is 0 Å². The molecule has 1 N–H and O–H groups in total. The third-order valence-corrected chi connectivity index (χ3v) is 4.68. The lowest BCUT2D eigenvalue weighted by Gasteiger charge is -2.19. The Bertz CT molecular complexity index is 826. The van der Waals surface area contributed by atoms with Gasteiger partial charge in [-0.3, -0.25) is 9.59 Å². The fourth-order valence-corrected chi connectivity index (χ4v) is 3.14. The van der Waals surface area contributed by atoms with Crippen LogP contribution in [-0.2, 0) is 9.59 Å². The van der Waals surface area contributed by atoms with E-state index in [-0.39, 0.29) is 18.2 Å². The molecule has 1 aliphatic rings. The molecule has 1 saturated heterocycles. The van der Waals surface area contributed by atoms with Crippen molar-refractivity contribution in [1.29, 1.82) is 0 Å². The summed E-state index contributed by atoms with van der Waals surface area (Å²) >= 11 is 0. The molecule has 0 radical (unpaired) electrons. The predicted octanol–water partition coefficient (Wildman–Crippen LogP) is 3.66. The average Bonchev–Trinajstić information content (AvgIpc) is 2.80. The van der Waals surface area contributed by atoms with Crippen LogP contribution in [0.3, 0.4) is 0 Å². The maximum Gasteiger partial charge on any atom is 0.256 e. The molecule has 0 aliphatic carbocycles. The molecule has 1 atom stereocenters. The molecule has 4 heteroatoms. The highest BCUT2D eigenvalue weighted by Gasteiger charge is 2.40. The Morgan fingerprint density at radius 2 is 1.75 bits per heavy atom. The number of benzene rings is 2. The van der Waals surface area contributed by atoms with Gasteiger partial charge in [0.1, 0.15) is 6.04 Å². The molecule has 0 bridgehead atoms. The SMILES string of the molecule is Cc1ccc(N[C@@H]2CC(=O)N(c3cccc(C)c3C)C2=O)c(C)c1. The van der Waals surface area contributed by atoms with Crippen LogP contribution < -0.4 is 10.2 Å². The second kappa shape index (κ2) is 6.11. The van der Waals surface area contributed by atoms with E-state index in [0.717, 1.165) is 22.4 Å². The largest absolute Gasteiger partial charge is 0.373 e. The number of amides is 2. The maximum absolute atomic E-state index is 12.8. The summed E-state index contributed by atoms with van der Waals surface area (Å²) in [7, 11) is 0. The standard InChI is InChI=1S/C20H22N2O2/c1-12-8-9-16(14(3)10-12)21-17-11-19(23)22(20(17)24)18-7-5-6-13(2)15(18)4/h5-10,17,21H,11H2,1-4H3/t17-/m1/s1. The summed E-state index contributed by atoms with van der Waals surface area (Å²) in [5.41, 5.74) is 5.86. The maximum atomic E-state index is 12.8. The second-order valence-electron chi connectivity index (χ2n) is 6.51. The minimum absolute atomic E-state index is 0.157. The highest BCUT2D eigenvalue weighted by Crippen LogP contribution is 2.29. The summed E-state index contributed by atoms with van der Waals surface area (Å²) in [5, 5.41) is 3.24. The Morgan fingerprint density at radius 3 is 2.46 bits per heavy atom. The molecule has 1 fully saturated rings. The molecular weight excluding hydrogens is 300 g/mol. The minimum Gasteiger partial charge on any atom is -0.373 e. The average molecular weight is 322 g/mol. The molecule has 2 aromatic carbocycles. The van der Waals surface area contributed by atoms with Gasteiger partial charge in [-0.15, -0.1) is 0 Å². The van der Waals surface area contributed by atoms with Gasteiger partial charge < -0.3 is 5.32 Å². The summed E-state index contributed by atoms with van der Waals surface area (Å²) < 4.78 is 0. The zero-order valence-corrected chi connectivity index (χ0v) is 14.5. The molecule has 4 nitrogen and oxygen atoms in total. The van der Waals surface area contributed by atoms with E-state index in [9.17, 15) is 9.59 Å². The van der Waals surface area contributed by atoms with Crippen molar-refractivity contribution in [3.8, 4) is 0 Å². The molecule has 1 aliphatic heterocycles. The number of nitrogens with one attached hydrogen (secondary N) is 1. The van der Waals surface area contributed by atoms with Crippen LogP contribution in [0.2, 0.25) is 0 Å². The van der Waals surface area contributed by atoms with Crippen LogP contribution in [0.25, 0.3) is 0 Å². The van der Waals surface area contributed by atoms with Crippen LogP contribution in [0.15, 0.2) is 36.4 Å². The van der Waals surface area contributed by atoms with Crippen molar-refractivity contribution in [2.75, 3.05) is 10.2 Å². The van der Waals surface area contributed by atoms with Gasteiger partial charge >= 0.3 is 0 Å². The topological polar surface area (TPSA) is 49.4 Å². The summed E-state index contributed by atoms with van der Waals surface area (Å²) in [6.45, 7) is 7.95. The van der Waals surface area contributed by atoms with Gasteiger partial charge in [-0.2, -0.15) is 0 Å². The lowest BCUT2D eigenvalue weighted by atomic mass is 10.1. The molecule has 1 heterocycles. The third kappa shape index (κ3) is 2.80. The van der Waals surface area contributed by atoms with Gasteiger partial charge in [0, 0.05) is 5.69 Å². The Kier molecular flexibility index (Phi) is 4.14. The first-order chi connectivity index (χ1) is 11.4. The van der Waals surface area contributed by atoms with Gasteiger partial charge in [-0.1, -0.05) is 29.8 Å². The first kappa shape index (κ1) is 16.2. The highest BCUT2D eigenvalue weighted by molar-refractivity contribution is 6.23. The van der Waals surface area contributed by atoms with Crippen LogP contribution in [0.4, 0.5) is 11.4 Å². The zero-order valence-electron chi connectivity index (χ0n) is 14.5. The molecule has 0 aromatic heterocycles. The fraction of sp³-hybridized carbons (Fsp3) is 0.300. The fourth-order valence-electron chi connectivity index (χ4n) is 3.14. The Balaban J connectivity index is 1.88. The molecule has 2 aromatic rings. The smallest absolute Gasteiger partial charge is 0.256 e. The lowest BCUT2D eigenvalue weighted by Crippen LogP contribution is -2.35. The normalized spacial score (nSPS) is 17.5. The number of hydrogen-bond donors (Lipinski definition) is 1. The van der Waals surface area contributed by atoms with Crippen molar-refractivity contribution >= 4 is 23.2 Å². The number of nitrogens with zero attached hydrogens (tertiary/aromatic N) is 1. The van der Waals surface area contributed by atoms with Crippen molar-refractivity contribution < 1.29 is 9.59 Å². The van der Waals surface area contributed by atoms with Gasteiger partial charge in [0.2, 0.25) is 5.91 Å². The zero-order chi connectivity index (χ0) is 17.4. The lowest BCUT2D eigenvalue weighted by molar-refractivity contribution is -0.121. The molecule has 3 rings (SSSR count). The third-order valence-electron chi connectivity index (χ3n) is 4.68. The van der Waals surface area contributed by atoms with E-state index in [1.54, 1.807) is 0 Å². The van der Waals surface area contributed by atoms with Gasteiger partial charge in [-0.05, 0) is 56.5 Å². The first-order valence-corrected chi connectivity index (χ1v) is 8.15. The molecule has 0 unspecified atom stereocenters. The Hall–Kier alpha value is -2.62. The van der Waals surface area contributed by atoms with E-state index in [4.69, 9.17) is 0 Å². The van der Waals surface area contributed by atoms with Gasteiger partial charge in [0.25, 0.3) is 5.91 Å². The van der Waals surface area contributed by atoms with Crippen LogP contribution in [0.1, 0.15) is 28.7 Å². The number of anilines is 2. The van der Waals surface area contributed by atoms with Crippen molar-refractivity contribution in [1.82, 2.24) is 0 Å². The van der Waals surface area contributed by atoms with Gasteiger partial charge in [-0.25, -0.2) is 4.90 Å². The number of carbonyl (C=O) groups excluding carboxylic acids is 2. The highest BCUT2D eigenvalue weighted by atomic mass is 16.2. The van der Waals surface area contributed by atoms with Crippen molar-refractivity contribution in [3.63, 3.8) is 0 Å². The van der Waals surface area contributed by atoms with Crippen LogP contribution >= 0.6 is 0 Å². The van der Waals surface area contributed by atoms with Crippen molar-refractivity contribution in [3.05, 3.63) is 58.7 Å². The molecule has 124 valence electrons. The van der Waals surface area contributed by atoms with Gasteiger partial charge in [0.05, 0.1) is 12.1 Å².